The molecule has 3 nitrogen and oxygen atoms in total. The van der Waals surface area contributed by atoms with Crippen LogP contribution in [-0.4, -0.2) is 12.2 Å². The van der Waals surface area contributed by atoms with Crippen LogP contribution in [0.25, 0.3) is 0 Å². The van der Waals surface area contributed by atoms with Crippen LogP contribution in [0.5, 0.6) is 0 Å². The minimum atomic E-state index is -0.338. The number of rotatable bonds is 0. The predicted molar refractivity (Wildman–Crippen MR) is 20.3 cm³/mol. The molecule has 1 aliphatic heterocycles. The van der Waals surface area contributed by atoms with E-state index in [4.69, 9.17) is 0 Å². The average molecular weight is 82.1 g/mol. The Kier molecular flexibility index (Phi) is 0.602. The van der Waals surface area contributed by atoms with Gasteiger partial charge in [-0.3, -0.25) is 0 Å². The summed E-state index contributed by atoms with van der Waals surface area (Å²) in [6.07, 6.45) is 1.29. The number of urea groups is 1. The molecular weight excluding hydrogens is 80.0 g/mol. The predicted octanol–water partition coefficient (Wildman–Crippen LogP) is -0.181. The van der Waals surface area contributed by atoms with E-state index in [0.717, 1.165) is 0 Å². The zero-order valence-electron chi connectivity index (χ0n) is 2.93. The lowest BCUT2D eigenvalue weighted by Crippen LogP contribution is -2.07. The normalized spacial score (nSPS) is 18.3. The Bertz CT molecular complexity index is 97.0. The molecule has 0 unspecified atom stereocenters. The van der Waals surface area contributed by atoms with Gasteiger partial charge in [-0.05, 0) is 0 Å². The first-order valence-corrected chi connectivity index (χ1v) is 1.47. The number of carbonyl (C=O) groups excluding carboxylic acids is 1. The zero-order chi connectivity index (χ0) is 4.41. The molecule has 1 rings (SSSR count). The SMILES string of the molecule is O=C1N=C[C]N1. The molecule has 0 saturated carbocycles. The van der Waals surface area contributed by atoms with Crippen molar-refractivity contribution in [3.63, 3.8) is 0 Å². The van der Waals surface area contributed by atoms with Gasteiger partial charge < -0.3 is 5.32 Å². The standard InChI is InChI=1S/C3H2N2O/c6-3-4-1-2-5-3/h1H,(H,5,6). The maximum absolute atomic E-state index is 9.87. The van der Waals surface area contributed by atoms with Crippen LogP contribution >= 0.6 is 0 Å². The van der Waals surface area contributed by atoms with E-state index in [1.165, 1.54) is 6.21 Å². The van der Waals surface area contributed by atoms with Crippen molar-refractivity contribution in [1.82, 2.24) is 5.32 Å². The van der Waals surface area contributed by atoms with Crippen molar-refractivity contribution in [1.29, 1.82) is 0 Å². The number of amides is 2. The van der Waals surface area contributed by atoms with Gasteiger partial charge in [-0.15, -0.1) is 0 Å². The summed E-state index contributed by atoms with van der Waals surface area (Å²) in [4.78, 5) is 13.1. The van der Waals surface area contributed by atoms with Crippen molar-refractivity contribution in [3.05, 3.63) is 6.54 Å². The molecule has 0 atom stereocenters. The molecule has 0 saturated heterocycles. The average Bonchev–Trinajstić information content (AvgIpc) is 1.86. The first-order valence-electron chi connectivity index (χ1n) is 1.47. The Morgan fingerprint density at radius 2 is 2.83 bits per heavy atom. The van der Waals surface area contributed by atoms with Gasteiger partial charge >= 0.3 is 6.03 Å². The molecule has 0 aromatic rings. The highest BCUT2D eigenvalue weighted by Crippen LogP contribution is 1.80. The van der Waals surface area contributed by atoms with Gasteiger partial charge in [-0.25, -0.2) is 9.79 Å². The summed E-state index contributed by atoms with van der Waals surface area (Å²) >= 11 is 0. The number of carbonyl (C=O) groups is 1. The van der Waals surface area contributed by atoms with Gasteiger partial charge in [-0.1, -0.05) is 0 Å². The number of nitrogens with one attached hydrogen (secondary N) is 1. The number of hydrogen-bond donors (Lipinski definition) is 1. The van der Waals surface area contributed by atoms with Crippen molar-refractivity contribution in [2.75, 3.05) is 0 Å². The van der Waals surface area contributed by atoms with Gasteiger partial charge in [0.15, 0.2) is 0 Å². The molecule has 2 radical (unpaired) electrons. The first-order chi connectivity index (χ1) is 2.89. The third kappa shape index (κ3) is 0.381. The summed E-state index contributed by atoms with van der Waals surface area (Å²) in [7, 11) is 0. The van der Waals surface area contributed by atoms with E-state index >= 15 is 0 Å². The van der Waals surface area contributed by atoms with E-state index in [0.29, 0.717) is 0 Å². The van der Waals surface area contributed by atoms with Gasteiger partial charge in [0.05, 0.1) is 0 Å². The largest absolute Gasteiger partial charge is 0.341 e. The smallest absolute Gasteiger partial charge is 0.320 e. The van der Waals surface area contributed by atoms with Crippen molar-refractivity contribution in [2.24, 2.45) is 4.99 Å². The van der Waals surface area contributed by atoms with Crippen LogP contribution in [0.15, 0.2) is 4.99 Å². The Hall–Kier alpha value is -0.860. The molecule has 1 aliphatic rings. The third-order valence-electron chi connectivity index (χ3n) is 0.425. The van der Waals surface area contributed by atoms with Gasteiger partial charge in [0, 0.05) is 6.21 Å². The van der Waals surface area contributed by atoms with Gasteiger partial charge in [0.25, 0.3) is 0 Å². The van der Waals surface area contributed by atoms with E-state index in [9.17, 15) is 4.79 Å². The summed E-state index contributed by atoms with van der Waals surface area (Å²) in [5.41, 5.74) is 0. The Balaban J connectivity index is 2.59. The second-order valence-corrected chi connectivity index (χ2v) is 0.833. The summed E-state index contributed by atoms with van der Waals surface area (Å²) < 4.78 is 0. The Morgan fingerprint density at radius 1 is 2.00 bits per heavy atom. The lowest BCUT2D eigenvalue weighted by molar-refractivity contribution is 0.253. The monoisotopic (exact) mass is 82.0 g/mol. The first kappa shape index (κ1) is 3.33. The molecule has 6 heavy (non-hydrogen) atoms. The number of hydrogen-bond acceptors (Lipinski definition) is 1. The highest BCUT2D eigenvalue weighted by Gasteiger charge is 1.99. The Morgan fingerprint density at radius 3 is 3.00 bits per heavy atom. The summed E-state index contributed by atoms with van der Waals surface area (Å²) in [5, 5.41) is 2.21. The summed E-state index contributed by atoms with van der Waals surface area (Å²) in [5.74, 6) is 0. The third-order valence-corrected chi connectivity index (χ3v) is 0.425. The summed E-state index contributed by atoms with van der Waals surface area (Å²) in [6.45, 7) is 2.38. The molecule has 1 heterocycles. The van der Waals surface area contributed by atoms with Crippen LogP contribution < -0.4 is 5.32 Å². The van der Waals surface area contributed by atoms with Crippen LogP contribution in [0, 0.1) is 6.54 Å². The van der Waals surface area contributed by atoms with E-state index in [2.05, 4.69) is 16.9 Å². The van der Waals surface area contributed by atoms with Crippen LogP contribution in [0.1, 0.15) is 0 Å². The molecule has 2 amide bonds. The quantitative estimate of drug-likeness (QED) is 0.432. The maximum atomic E-state index is 9.87. The zero-order valence-corrected chi connectivity index (χ0v) is 2.93. The van der Waals surface area contributed by atoms with Crippen molar-refractivity contribution in [2.45, 2.75) is 0 Å². The van der Waals surface area contributed by atoms with Gasteiger partial charge in [0.1, 0.15) is 6.54 Å². The molecule has 0 aromatic heterocycles. The van der Waals surface area contributed by atoms with Crippen LogP contribution in [0.4, 0.5) is 4.79 Å². The lowest BCUT2D eigenvalue weighted by atomic mass is 10.8. The number of nitrogens with zero attached hydrogens (tertiary/aromatic N) is 1. The molecule has 1 N–H and O–H groups in total. The second kappa shape index (κ2) is 1.08. The van der Waals surface area contributed by atoms with Gasteiger partial charge in [0.2, 0.25) is 0 Å². The van der Waals surface area contributed by atoms with E-state index in [1.807, 2.05) is 0 Å². The topological polar surface area (TPSA) is 41.5 Å². The van der Waals surface area contributed by atoms with Crippen LogP contribution in [0.2, 0.25) is 0 Å². The fraction of sp³-hybridized carbons (Fsp3) is 0. The molecule has 0 fully saturated rings. The molecule has 0 aliphatic carbocycles. The molecular formula is C3H2N2O. The fourth-order valence-corrected chi connectivity index (χ4v) is 0.217. The highest BCUT2D eigenvalue weighted by atomic mass is 16.2. The molecule has 0 spiro atoms. The van der Waals surface area contributed by atoms with Gasteiger partial charge in [-0.2, -0.15) is 0 Å². The van der Waals surface area contributed by atoms with Crippen molar-refractivity contribution < 1.29 is 4.79 Å². The van der Waals surface area contributed by atoms with Crippen molar-refractivity contribution in [3.8, 4) is 0 Å². The van der Waals surface area contributed by atoms with Crippen molar-refractivity contribution >= 4 is 12.2 Å². The minimum Gasteiger partial charge on any atom is -0.320 e. The molecule has 30 valence electrons. The van der Waals surface area contributed by atoms with E-state index in [1.54, 1.807) is 0 Å². The van der Waals surface area contributed by atoms with Crippen LogP contribution in [-0.2, 0) is 0 Å². The fourth-order valence-electron chi connectivity index (χ4n) is 0.217. The second-order valence-electron chi connectivity index (χ2n) is 0.833. The maximum Gasteiger partial charge on any atom is 0.341 e. The minimum absolute atomic E-state index is 0.338. The van der Waals surface area contributed by atoms with Crippen LogP contribution in [0.3, 0.4) is 0 Å². The Labute approximate surface area is 35.1 Å². The lowest BCUT2D eigenvalue weighted by Gasteiger charge is -1.76. The highest BCUT2D eigenvalue weighted by molar-refractivity contribution is 5.94. The van der Waals surface area contributed by atoms with E-state index in [-0.39, 0.29) is 6.03 Å². The molecule has 0 aromatic carbocycles. The van der Waals surface area contributed by atoms with E-state index < -0.39 is 0 Å². The molecule has 0 bridgehead atoms. The molecule has 3 heteroatoms. The number of aliphatic imine (C=N–C) groups is 1. The summed E-state index contributed by atoms with van der Waals surface area (Å²) in [6, 6.07) is -0.338.